The zero-order valence-electron chi connectivity index (χ0n) is 10.3. The van der Waals surface area contributed by atoms with Gasteiger partial charge in [0.2, 0.25) is 0 Å². The summed E-state index contributed by atoms with van der Waals surface area (Å²) < 4.78 is 18.9. The van der Waals surface area contributed by atoms with E-state index in [1.54, 1.807) is 0 Å². The van der Waals surface area contributed by atoms with Crippen LogP contribution in [0.1, 0.15) is 12.8 Å². The molecule has 0 saturated carbocycles. The molecular weight excluding hydrogens is 277 g/mol. The highest BCUT2D eigenvalue weighted by molar-refractivity contribution is 6.18. The van der Waals surface area contributed by atoms with Gasteiger partial charge in [-0.25, -0.2) is 9.18 Å². The van der Waals surface area contributed by atoms with Crippen LogP contribution in [0.2, 0.25) is 0 Å². The van der Waals surface area contributed by atoms with Crippen LogP contribution in [-0.4, -0.2) is 40.4 Å². The van der Waals surface area contributed by atoms with Crippen molar-refractivity contribution in [2.24, 2.45) is 11.5 Å². The lowest BCUT2D eigenvalue weighted by Crippen LogP contribution is -2.43. The molecule has 2 atom stereocenters. The zero-order valence-corrected chi connectivity index (χ0v) is 11.1. The van der Waals surface area contributed by atoms with E-state index in [9.17, 15) is 14.3 Å². The molecule has 1 rings (SSSR count). The lowest BCUT2D eigenvalue weighted by atomic mass is 10.0. The lowest BCUT2D eigenvalue weighted by Gasteiger charge is -2.28. The third kappa shape index (κ3) is 3.59. The number of amides is 2. The van der Waals surface area contributed by atoms with Crippen LogP contribution in [0.15, 0.2) is 24.3 Å². The van der Waals surface area contributed by atoms with Gasteiger partial charge in [0.25, 0.3) is 0 Å². The minimum atomic E-state index is -0.941. The van der Waals surface area contributed by atoms with Crippen molar-refractivity contribution in [2.75, 3.05) is 12.5 Å². The van der Waals surface area contributed by atoms with Crippen molar-refractivity contribution in [3.63, 3.8) is 0 Å². The fourth-order valence-electron chi connectivity index (χ4n) is 1.74. The topological polar surface area (TPSA) is 102 Å². The molecule has 1 fully saturated rings. The van der Waals surface area contributed by atoms with E-state index in [1.807, 2.05) is 0 Å². The van der Waals surface area contributed by atoms with E-state index in [4.69, 9.17) is 27.8 Å². The number of ether oxygens (including phenoxy) is 1. The Bertz CT molecular complexity index is 399. The number of urea groups is 1. The molecule has 19 heavy (non-hydrogen) atoms. The summed E-state index contributed by atoms with van der Waals surface area (Å²) in [6.07, 6.45) is 0.836. The Morgan fingerprint density at radius 3 is 2.68 bits per heavy atom. The molecule has 0 spiro atoms. The highest BCUT2D eigenvalue weighted by Gasteiger charge is 2.42. The van der Waals surface area contributed by atoms with Crippen molar-refractivity contribution in [3.05, 3.63) is 24.3 Å². The highest BCUT2D eigenvalue weighted by Crippen LogP contribution is 2.33. The summed E-state index contributed by atoms with van der Waals surface area (Å²) in [4.78, 5) is 12.2. The van der Waals surface area contributed by atoms with Gasteiger partial charge in [0, 0.05) is 6.20 Å². The smallest absolute Gasteiger partial charge is 0.321 e. The zero-order chi connectivity index (χ0) is 14.6. The summed E-state index contributed by atoms with van der Waals surface area (Å²) in [7, 11) is 0. The summed E-state index contributed by atoms with van der Waals surface area (Å²) in [5.74, 6) is -0.822. The molecule has 0 aromatic rings. The number of hydrogen-bond donors (Lipinski definition) is 3. The van der Waals surface area contributed by atoms with Gasteiger partial charge >= 0.3 is 6.03 Å². The van der Waals surface area contributed by atoms with E-state index < -0.39 is 23.7 Å². The fraction of sp³-hybridized carbons (Fsp3) is 0.545. The maximum Gasteiger partial charge on any atom is 0.321 e. The Hall–Kier alpha value is -1.31. The summed E-state index contributed by atoms with van der Waals surface area (Å²) in [6.45, 7) is 2.91. The molecular formula is C11H17ClFN3O3. The Kier molecular flexibility index (Phi) is 5.16. The van der Waals surface area contributed by atoms with E-state index in [1.165, 1.54) is 0 Å². The summed E-state index contributed by atoms with van der Waals surface area (Å²) in [6, 6.07) is -0.898. The summed E-state index contributed by atoms with van der Waals surface area (Å²) in [5.41, 5.74) is 9.07. The molecule has 0 aromatic carbocycles. The van der Waals surface area contributed by atoms with Crippen LogP contribution in [-0.2, 0) is 4.74 Å². The van der Waals surface area contributed by atoms with Crippen molar-refractivity contribution in [1.82, 2.24) is 4.90 Å². The number of aliphatic hydroxyl groups is 1. The Labute approximate surface area is 115 Å². The van der Waals surface area contributed by atoms with Crippen molar-refractivity contribution < 1.29 is 19.0 Å². The van der Waals surface area contributed by atoms with Crippen molar-refractivity contribution in [3.8, 4) is 0 Å². The largest absolute Gasteiger partial charge is 0.397 e. The molecule has 1 heterocycles. The SMILES string of the molecule is C=C(N)/C(F)=C\N(C(N)=O)[C@H]1CC[C@](CO)(CCl)O1. The standard InChI is InChI=1S/C11H17ClFN3O3/c1-7(14)8(13)4-16(10(15)18)9-2-3-11(5-12,6-17)19-9/h4,9,17H,1-3,5-6,14H2,(H2,15,18)/b8-4+/t9-,11-/m1/s1. The Balaban J connectivity index is 2.89. The second-order valence-corrected chi connectivity index (χ2v) is 4.60. The van der Waals surface area contributed by atoms with E-state index in [2.05, 4.69) is 6.58 Å². The van der Waals surface area contributed by atoms with Crippen LogP contribution >= 0.6 is 11.6 Å². The Morgan fingerprint density at radius 1 is 1.68 bits per heavy atom. The predicted molar refractivity (Wildman–Crippen MR) is 68.6 cm³/mol. The normalized spacial score (nSPS) is 27.3. The second-order valence-electron chi connectivity index (χ2n) is 4.33. The van der Waals surface area contributed by atoms with Gasteiger partial charge in [-0.3, -0.25) is 4.90 Å². The van der Waals surface area contributed by atoms with Gasteiger partial charge in [-0.2, -0.15) is 0 Å². The average Bonchev–Trinajstić information content (AvgIpc) is 2.79. The minimum Gasteiger partial charge on any atom is -0.397 e. The third-order valence-electron chi connectivity index (χ3n) is 2.89. The molecule has 1 aliphatic rings. The van der Waals surface area contributed by atoms with Gasteiger partial charge in [0.15, 0.2) is 5.83 Å². The number of nitrogens with two attached hydrogens (primary N) is 2. The number of aliphatic hydroxyl groups excluding tert-OH is 1. The van der Waals surface area contributed by atoms with E-state index in [-0.39, 0.29) is 18.2 Å². The quantitative estimate of drug-likeness (QED) is 0.514. The highest BCUT2D eigenvalue weighted by atomic mass is 35.5. The molecule has 1 saturated heterocycles. The predicted octanol–water partition coefficient (Wildman–Crippen LogP) is 0.757. The van der Waals surface area contributed by atoms with Crippen LogP contribution in [0.5, 0.6) is 0 Å². The molecule has 108 valence electrons. The van der Waals surface area contributed by atoms with Gasteiger partial charge < -0.3 is 21.3 Å². The maximum atomic E-state index is 13.4. The second kappa shape index (κ2) is 6.23. The number of allylic oxidation sites excluding steroid dienone is 1. The first-order valence-corrected chi connectivity index (χ1v) is 6.13. The molecule has 5 N–H and O–H groups in total. The van der Waals surface area contributed by atoms with E-state index in [0.717, 1.165) is 11.1 Å². The molecule has 0 unspecified atom stereocenters. The van der Waals surface area contributed by atoms with Gasteiger partial charge in [0.05, 0.1) is 18.2 Å². The number of carbonyl (C=O) groups is 1. The lowest BCUT2D eigenvalue weighted by molar-refractivity contribution is -0.0914. The number of rotatable bonds is 5. The van der Waals surface area contributed by atoms with Crippen molar-refractivity contribution in [1.29, 1.82) is 0 Å². The van der Waals surface area contributed by atoms with Gasteiger partial charge in [-0.15, -0.1) is 11.6 Å². The third-order valence-corrected chi connectivity index (χ3v) is 3.38. The van der Waals surface area contributed by atoms with E-state index >= 15 is 0 Å². The molecule has 8 heteroatoms. The number of primary amides is 1. The molecule has 6 nitrogen and oxygen atoms in total. The first-order valence-electron chi connectivity index (χ1n) is 5.59. The molecule has 0 aromatic heterocycles. The first-order chi connectivity index (χ1) is 8.85. The monoisotopic (exact) mass is 293 g/mol. The van der Waals surface area contributed by atoms with Crippen LogP contribution in [0.4, 0.5) is 9.18 Å². The number of halogens is 2. The minimum absolute atomic E-state index is 0.0579. The Morgan fingerprint density at radius 2 is 2.32 bits per heavy atom. The van der Waals surface area contributed by atoms with Gasteiger partial charge in [-0.05, 0) is 12.8 Å². The number of nitrogens with zero attached hydrogens (tertiary/aromatic N) is 1. The van der Waals surface area contributed by atoms with Crippen LogP contribution in [0.3, 0.4) is 0 Å². The molecule has 2 amide bonds. The first kappa shape index (κ1) is 15.7. The van der Waals surface area contributed by atoms with E-state index in [0.29, 0.717) is 12.8 Å². The van der Waals surface area contributed by atoms with Crippen LogP contribution in [0, 0.1) is 0 Å². The molecule has 1 aliphatic heterocycles. The van der Waals surface area contributed by atoms with Crippen molar-refractivity contribution in [2.45, 2.75) is 24.7 Å². The summed E-state index contributed by atoms with van der Waals surface area (Å²) >= 11 is 5.73. The molecule has 0 radical (unpaired) electrons. The van der Waals surface area contributed by atoms with Crippen LogP contribution in [0.25, 0.3) is 0 Å². The van der Waals surface area contributed by atoms with Gasteiger partial charge in [0.1, 0.15) is 11.8 Å². The average molecular weight is 294 g/mol. The number of hydrogen-bond acceptors (Lipinski definition) is 4. The number of carbonyl (C=O) groups excluding carboxylic acids is 1. The van der Waals surface area contributed by atoms with Crippen molar-refractivity contribution >= 4 is 17.6 Å². The van der Waals surface area contributed by atoms with Gasteiger partial charge in [-0.1, -0.05) is 6.58 Å². The maximum absolute atomic E-state index is 13.4. The number of alkyl halides is 1. The molecule has 0 bridgehead atoms. The molecule has 0 aliphatic carbocycles. The summed E-state index contributed by atoms with van der Waals surface area (Å²) in [5, 5.41) is 9.26. The fourth-order valence-corrected chi connectivity index (χ4v) is 2.02. The van der Waals surface area contributed by atoms with Crippen LogP contribution < -0.4 is 11.5 Å².